The standard InChI is InChI=1S/C24H27N3O4S.C2HF3O2/c1-5-27(15-19-9-7-6-8-10-19)23-21(24(28)29)13-20(14-25-23)26-32(30,31)22-12-17(3)16(2)11-18(22)4;3-2(4,5)1(6)7/h6-14,26H,5,15H2,1-4H3,(H,28,29);(H,6,7). The van der Waals surface area contributed by atoms with Crippen molar-refractivity contribution in [3.8, 4) is 0 Å². The summed E-state index contributed by atoms with van der Waals surface area (Å²) in [7, 11) is -3.91. The lowest BCUT2D eigenvalue weighted by molar-refractivity contribution is -0.192. The number of pyridine rings is 1. The van der Waals surface area contributed by atoms with Crippen LogP contribution in [0, 0.1) is 20.8 Å². The first kappa shape index (κ1) is 31.1. The van der Waals surface area contributed by atoms with E-state index in [0.29, 0.717) is 18.7 Å². The molecule has 13 heteroatoms. The molecule has 0 atom stereocenters. The summed E-state index contributed by atoms with van der Waals surface area (Å²) in [5.41, 5.74) is 3.51. The topological polar surface area (TPSA) is 137 Å². The van der Waals surface area contributed by atoms with Gasteiger partial charge in [0.1, 0.15) is 11.4 Å². The Bertz CT molecular complexity index is 1450. The lowest BCUT2D eigenvalue weighted by Crippen LogP contribution is -2.25. The van der Waals surface area contributed by atoms with E-state index in [1.165, 1.54) is 12.3 Å². The van der Waals surface area contributed by atoms with E-state index in [2.05, 4.69) is 9.71 Å². The quantitative estimate of drug-likeness (QED) is 0.339. The highest BCUT2D eigenvalue weighted by Gasteiger charge is 2.38. The summed E-state index contributed by atoms with van der Waals surface area (Å²) in [6.45, 7) is 8.43. The van der Waals surface area contributed by atoms with E-state index < -0.39 is 28.1 Å². The van der Waals surface area contributed by atoms with Gasteiger partial charge in [-0.15, -0.1) is 0 Å². The Balaban J connectivity index is 0.000000673. The lowest BCUT2D eigenvalue weighted by Gasteiger charge is -2.24. The van der Waals surface area contributed by atoms with Crippen molar-refractivity contribution < 1.29 is 41.4 Å². The SMILES string of the molecule is CCN(Cc1ccccc1)c1ncc(NS(=O)(=O)c2cc(C)c(C)cc2C)cc1C(=O)O.O=C(O)C(F)(F)F. The van der Waals surface area contributed by atoms with Gasteiger partial charge in [0.2, 0.25) is 0 Å². The Morgan fingerprint density at radius 1 is 0.974 bits per heavy atom. The molecule has 0 saturated carbocycles. The van der Waals surface area contributed by atoms with E-state index in [9.17, 15) is 31.5 Å². The maximum atomic E-state index is 13.0. The van der Waals surface area contributed by atoms with Crippen molar-refractivity contribution in [2.24, 2.45) is 0 Å². The van der Waals surface area contributed by atoms with Gasteiger partial charge >= 0.3 is 18.1 Å². The van der Waals surface area contributed by atoms with Crippen LogP contribution in [-0.2, 0) is 21.4 Å². The number of nitrogens with zero attached hydrogens (tertiary/aromatic N) is 2. The predicted molar refractivity (Wildman–Crippen MR) is 140 cm³/mol. The van der Waals surface area contributed by atoms with E-state index in [1.807, 2.05) is 62.1 Å². The van der Waals surface area contributed by atoms with Crippen molar-refractivity contribution in [2.75, 3.05) is 16.2 Å². The number of carboxylic acid groups (broad SMARTS) is 2. The number of rotatable bonds is 8. The van der Waals surface area contributed by atoms with Crippen molar-refractivity contribution in [3.05, 3.63) is 82.5 Å². The molecule has 0 fully saturated rings. The van der Waals surface area contributed by atoms with Gasteiger partial charge in [0.05, 0.1) is 16.8 Å². The second-order valence-electron chi connectivity index (χ2n) is 8.51. The summed E-state index contributed by atoms with van der Waals surface area (Å²) >= 11 is 0. The third kappa shape index (κ3) is 8.43. The predicted octanol–water partition coefficient (Wildman–Crippen LogP) is 5.17. The van der Waals surface area contributed by atoms with Crippen LogP contribution in [0.2, 0.25) is 0 Å². The Morgan fingerprint density at radius 3 is 2.05 bits per heavy atom. The molecule has 0 aliphatic heterocycles. The van der Waals surface area contributed by atoms with Gasteiger partial charge in [-0.3, -0.25) is 4.72 Å². The van der Waals surface area contributed by atoms with Crippen LogP contribution in [-0.4, -0.2) is 48.3 Å². The van der Waals surface area contributed by atoms with E-state index in [1.54, 1.807) is 13.0 Å². The summed E-state index contributed by atoms with van der Waals surface area (Å²) in [6.07, 6.45) is -3.73. The first-order valence-corrected chi connectivity index (χ1v) is 13.0. The largest absolute Gasteiger partial charge is 0.490 e. The highest BCUT2D eigenvalue weighted by molar-refractivity contribution is 7.92. The number of hydrogen-bond donors (Lipinski definition) is 3. The Morgan fingerprint density at radius 2 is 1.54 bits per heavy atom. The first-order valence-electron chi connectivity index (χ1n) is 11.5. The third-order valence-corrected chi connectivity index (χ3v) is 7.09. The molecule has 0 unspecified atom stereocenters. The number of aromatic nitrogens is 1. The maximum Gasteiger partial charge on any atom is 0.490 e. The van der Waals surface area contributed by atoms with Crippen LogP contribution in [0.4, 0.5) is 24.7 Å². The fourth-order valence-electron chi connectivity index (χ4n) is 3.50. The molecule has 9 nitrogen and oxygen atoms in total. The summed E-state index contributed by atoms with van der Waals surface area (Å²) in [4.78, 5) is 27.2. The number of nitrogens with one attached hydrogen (secondary N) is 1. The van der Waals surface area contributed by atoms with Crippen molar-refractivity contribution >= 4 is 33.5 Å². The van der Waals surface area contributed by atoms with Crippen LogP contribution < -0.4 is 9.62 Å². The average molecular weight is 568 g/mol. The number of aromatic carboxylic acids is 1. The molecule has 3 rings (SSSR count). The molecule has 0 bridgehead atoms. The monoisotopic (exact) mass is 567 g/mol. The number of carbonyl (C=O) groups is 2. The second kappa shape index (κ2) is 12.6. The Kier molecular flexibility index (Phi) is 10.1. The molecule has 3 aromatic rings. The van der Waals surface area contributed by atoms with Gasteiger partial charge < -0.3 is 15.1 Å². The molecule has 39 heavy (non-hydrogen) atoms. The molecule has 1 heterocycles. The number of aliphatic carboxylic acids is 1. The fourth-order valence-corrected chi connectivity index (χ4v) is 4.84. The van der Waals surface area contributed by atoms with Crippen molar-refractivity contribution in [1.82, 2.24) is 4.98 Å². The van der Waals surface area contributed by atoms with Crippen LogP contribution in [0.15, 0.2) is 59.6 Å². The van der Waals surface area contributed by atoms with Crippen LogP contribution in [0.5, 0.6) is 0 Å². The zero-order chi connectivity index (χ0) is 29.5. The highest BCUT2D eigenvalue weighted by atomic mass is 32.2. The molecule has 0 radical (unpaired) electrons. The van der Waals surface area contributed by atoms with Crippen LogP contribution in [0.1, 0.15) is 39.5 Å². The average Bonchev–Trinajstić information content (AvgIpc) is 2.85. The van der Waals surface area contributed by atoms with Gasteiger partial charge in [-0.2, -0.15) is 13.2 Å². The van der Waals surface area contributed by atoms with Gasteiger partial charge in [-0.25, -0.2) is 23.0 Å². The van der Waals surface area contributed by atoms with Gasteiger partial charge in [0.15, 0.2) is 0 Å². The number of aryl methyl sites for hydroxylation is 3. The number of halogens is 3. The number of hydrogen-bond acceptors (Lipinski definition) is 6. The van der Waals surface area contributed by atoms with Gasteiger partial charge in [-0.05, 0) is 62.1 Å². The van der Waals surface area contributed by atoms with Crippen LogP contribution in [0.25, 0.3) is 0 Å². The molecule has 3 N–H and O–H groups in total. The zero-order valence-corrected chi connectivity index (χ0v) is 22.4. The number of anilines is 2. The minimum absolute atomic E-state index is 0.0696. The van der Waals surface area contributed by atoms with Crippen molar-refractivity contribution in [1.29, 1.82) is 0 Å². The van der Waals surface area contributed by atoms with Gasteiger partial charge in [0.25, 0.3) is 10.0 Å². The fraction of sp³-hybridized carbons (Fsp3) is 0.269. The minimum atomic E-state index is -5.08. The van der Waals surface area contributed by atoms with Crippen molar-refractivity contribution in [2.45, 2.75) is 45.3 Å². The van der Waals surface area contributed by atoms with Crippen LogP contribution in [0.3, 0.4) is 0 Å². The number of sulfonamides is 1. The number of benzene rings is 2. The maximum absolute atomic E-state index is 13.0. The lowest BCUT2D eigenvalue weighted by atomic mass is 10.1. The molecule has 0 aliphatic carbocycles. The summed E-state index contributed by atoms with van der Waals surface area (Å²) in [6, 6.07) is 14.4. The smallest absolute Gasteiger partial charge is 0.478 e. The molecular weight excluding hydrogens is 539 g/mol. The normalized spacial score (nSPS) is 11.3. The van der Waals surface area contributed by atoms with Gasteiger partial charge in [-0.1, -0.05) is 36.4 Å². The second-order valence-corrected chi connectivity index (χ2v) is 10.2. The van der Waals surface area contributed by atoms with E-state index >= 15 is 0 Å². The Labute approximate surface area is 224 Å². The molecular formula is C26H28F3N3O6S. The molecule has 1 aromatic heterocycles. The van der Waals surface area contributed by atoms with Gasteiger partial charge in [0, 0.05) is 13.1 Å². The van der Waals surface area contributed by atoms with E-state index in [-0.39, 0.29) is 22.0 Å². The number of carboxylic acids is 2. The first-order chi connectivity index (χ1) is 18.1. The molecule has 2 aromatic carbocycles. The summed E-state index contributed by atoms with van der Waals surface area (Å²) in [5, 5.41) is 16.9. The third-order valence-electron chi connectivity index (χ3n) is 5.57. The van der Waals surface area contributed by atoms with Crippen LogP contribution >= 0.6 is 0 Å². The highest BCUT2D eigenvalue weighted by Crippen LogP contribution is 2.26. The Hall–Kier alpha value is -4.13. The molecule has 0 saturated heterocycles. The minimum Gasteiger partial charge on any atom is -0.478 e. The molecule has 0 amide bonds. The zero-order valence-electron chi connectivity index (χ0n) is 21.6. The van der Waals surface area contributed by atoms with E-state index in [4.69, 9.17) is 9.90 Å². The summed E-state index contributed by atoms with van der Waals surface area (Å²) < 4.78 is 60.2. The van der Waals surface area contributed by atoms with Crippen molar-refractivity contribution in [3.63, 3.8) is 0 Å². The summed E-state index contributed by atoms with van der Waals surface area (Å²) in [5.74, 6) is -3.65. The number of alkyl halides is 3. The van der Waals surface area contributed by atoms with E-state index in [0.717, 1.165) is 16.7 Å². The molecule has 210 valence electrons. The molecule has 0 aliphatic rings. The molecule has 0 spiro atoms.